The van der Waals surface area contributed by atoms with Crippen LogP contribution in [0, 0.1) is 10.1 Å². The third-order valence-corrected chi connectivity index (χ3v) is 5.72. The number of carbonyl (C=O) groups excluding carboxylic acids is 1. The van der Waals surface area contributed by atoms with E-state index in [9.17, 15) is 23.3 Å². The molecule has 8 nitrogen and oxygen atoms in total. The normalized spacial score (nSPS) is 11.7. The number of ketones is 1. The highest BCUT2D eigenvalue weighted by Gasteiger charge is 2.21. The second kappa shape index (κ2) is 9.77. The van der Waals surface area contributed by atoms with Crippen LogP contribution in [-0.4, -0.2) is 36.3 Å². The maximum atomic E-state index is 12.7. The second-order valence-corrected chi connectivity index (χ2v) is 8.73. The predicted molar refractivity (Wildman–Crippen MR) is 119 cm³/mol. The molecule has 0 saturated carbocycles. The number of hydrazone groups is 1. The lowest BCUT2D eigenvalue weighted by atomic mass is 10.1. The van der Waals surface area contributed by atoms with Crippen molar-refractivity contribution in [2.75, 3.05) is 16.9 Å². The lowest BCUT2D eigenvalue weighted by molar-refractivity contribution is -0.384. The molecule has 3 rings (SSSR count). The highest BCUT2D eigenvalue weighted by Crippen LogP contribution is 2.16. The van der Waals surface area contributed by atoms with E-state index in [0.29, 0.717) is 16.8 Å². The van der Waals surface area contributed by atoms with Gasteiger partial charge in [-0.15, -0.1) is 0 Å². The van der Waals surface area contributed by atoms with Crippen molar-refractivity contribution >= 4 is 32.7 Å². The molecule has 0 aliphatic carbocycles. The van der Waals surface area contributed by atoms with Crippen molar-refractivity contribution in [2.45, 2.75) is 0 Å². The zero-order valence-electron chi connectivity index (χ0n) is 16.3. The summed E-state index contributed by atoms with van der Waals surface area (Å²) in [5.74, 6) is -1.58. The summed E-state index contributed by atoms with van der Waals surface area (Å²) >= 11 is 0. The average Bonchev–Trinajstić information content (AvgIpc) is 2.77. The molecule has 0 bridgehead atoms. The van der Waals surface area contributed by atoms with Crippen LogP contribution in [-0.2, 0) is 9.84 Å². The minimum Gasteiger partial charge on any atom is -0.293 e. The van der Waals surface area contributed by atoms with E-state index < -0.39 is 32.0 Å². The van der Waals surface area contributed by atoms with Crippen LogP contribution < -0.4 is 5.43 Å². The molecule has 0 heterocycles. The Balaban J connectivity index is 1.81. The van der Waals surface area contributed by atoms with Gasteiger partial charge in [0.05, 0.1) is 22.1 Å². The van der Waals surface area contributed by atoms with E-state index in [1.165, 1.54) is 24.3 Å². The first-order chi connectivity index (χ1) is 14.8. The fraction of sp³-hybridized carbons (Fsp3) is 0.0909. The monoisotopic (exact) mass is 437 g/mol. The Bertz CT molecular complexity index is 1190. The van der Waals surface area contributed by atoms with Crippen molar-refractivity contribution in [1.82, 2.24) is 0 Å². The zero-order chi connectivity index (χ0) is 22.3. The number of hydrogen-bond acceptors (Lipinski definition) is 7. The summed E-state index contributed by atoms with van der Waals surface area (Å²) in [4.78, 5) is 22.6. The van der Waals surface area contributed by atoms with Crippen LogP contribution in [0.4, 0.5) is 11.4 Å². The third-order valence-electron chi connectivity index (χ3n) is 4.31. The number of hydrogen-bond donors (Lipinski definition) is 1. The molecular weight excluding hydrogens is 418 g/mol. The van der Waals surface area contributed by atoms with E-state index in [0.717, 1.165) is 0 Å². The molecule has 158 valence electrons. The Morgan fingerprint density at radius 2 is 1.39 bits per heavy atom. The zero-order valence-corrected chi connectivity index (χ0v) is 17.2. The quantitative estimate of drug-likeness (QED) is 0.236. The summed E-state index contributed by atoms with van der Waals surface area (Å²) in [5, 5.41) is 15.0. The van der Waals surface area contributed by atoms with Gasteiger partial charge in [0.1, 0.15) is 5.75 Å². The topological polar surface area (TPSA) is 119 Å². The summed E-state index contributed by atoms with van der Waals surface area (Å²) in [6.45, 7) is 0. The highest BCUT2D eigenvalue weighted by molar-refractivity contribution is 7.92. The summed E-state index contributed by atoms with van der Waals surface area (Å²) in [5.41, 5.74) is 4.24. The molecule has 0 unspecified atom stereocenters. The molecule has 0 aliphatic heterocycles. The van der Waals surface area contributed by atoms with Crippen LogP contribution in [0.1, 0.15) is 15.9 Å². The van der Waals surface area contributed by atoms with Crippen molar-refractivity contribution in [3.63, 3.8) is 0 Å². The number of nitrogens with one attached hydrogen (secondary N) is 1. The Labute approximate surface area is 179 Å². The van der Waals surface area contributed by atoms with Crippen LogP contribution in [0.5, 0.6) is 0 Å². The molecule has 0 aromatic heterocycles. The molecular formula is C22H19N3O5S. The number of sulfone groups is 1. The number of non-ortho nitro benzene ring substituents is 1. The van der Waals surface area contributed by atoms with Gasteiger partial charge in [0, 0.05) is 17.7 Å². The average molecular weight is 437 g/mol. The molecule has 3 aromatic rings. The first kappa shape index (κ1) is 21.8. The van der Waals surface area contributed by atoms with Gasteiger partial charge in [-0.3, -0.25) is 20.3 Å². The molecule has 0 saturated heterocycles. The van der Waals surface area contributed by atoms with Gasteiger partial charge in [-0.2, -0.15) is 5.10 Å². The Kier molecular flexibility index (Phi) is 6.88. The molecule has 1 N–H and O–H groups in total. The van der Waals surface area contributed by atoms with Gasteiger partial charge < -0.3 is 0 Å². The number of Topliss-reactive ketones (excluding diaryl/α,β-unsaturated/α-hetero) is 1. The molecule has 0 spiro atoms. The summed E-state index contributed by atoms with van der Waals surface area (Å²) in [7, 11) is -3.81. The molecule has 9 heteroatoms. The highest BCUT2D eigenvalue weighted by atomic mass is 32.2. The maximum absolute atomic E-state index is 12.7. The standard InChI is InChI=1S/C22H19N3O5S/c26-22(18-9-5-2-6-10-18)16-31(29,30)15-21(17-7-3-1-4-8-17)24-23-19-11-13-20(14-12-19)25(27)28/h1-14,23H,15-16H2. The fourth-order valence-electron chi connectivity index (χ4n) is 2.77. The lowest BCUT2D eigenvalue weighted by Gasteiger charge is -2.09. The first-order valence-corrected chi connectivity index (χ1v) is 11.1. The Hall–Kier alpha value is -3.85. The van der Waals surface area contributed by atoms with Crippen molar-refractivity contribution in [2.24, 2.45) is 5.10 Å². The van der Waals surface area contributed by atoms with E-state index in [4.69, 9.17) is 0 Å². The Morgan fingerprint density at radius 1 is 0.839 bits per heavy atom. The van der Waals surface area contributed by atoms with Gasteiger partial charge in [-0.25, -0.2) is 8.42 Å². The maximum Gasteiger partial charge on any atom is 0.269 e. The summed E-state index contributed by atoms with van der Waals surface area (Å²) < 4.78 is 25.4. The first-order valence-electron chi connectivity index (χ1n) is 9.25. The number of nitrogens with zero attached hydrogens (tertiary/aromatic N) is 2. The van der Waals surface area contributed by atoms with Gasteiger partial charge >= 0.3 is 0 Å². The molecule has 0 aliphatic rings. The minimum absolute atomic E-state index is 0.0696. The van der Waals surface area contributed by atoms with Gasteiger partial charge in [-0.1, -0.05) is 60.7 Å². The number of anilines is 1. The summed E-state index contributed by atoms with van der Waals surface area (Å²) in [6.07, 6.45) is 0. The van der Waals surface area contributed by atoms with Crippen molar-refractivity contribution in [3.05, 3.63) is 106 Å². The predicted octanol–water partition coefficient (Wildman–Crippen LogP) is 3.71. The van der Waals surface area contributed by atoms with Crippen LogP contribution in [0.2, 0.25) is 0 Å². The number of rotatable bonds is 9. The fourth-order valence-corrected chi connectivity index (χ4v) is 4.08. The van der Waals surface area contributed by atoms with Gasteiger partial charge in [-0.05, 0) is 17.7 Å². The molecule has 3 aromatic carbocycles. The smallest absolute Gasteiger partial charge is 0.269 e. The minimum atomic E-state index is -3.81. The summed E-state index contributed by atoms with van der Waals surface area (Å²) in [6, 6.07) is 22.5. The van der Waals surface area contributed by atoms with Gasteiger partial charge in [0.25, 0.3) is 5.69 Å². The van der Waals surface area contributed by atoms with Crippen LogP contribution >= 0.6 is 0 Å². The third kappa shape index (κ3) is 6.31. The van der Waals surface area contributed by atoms with E-state index in [1.807, 2.05) is 0 Å². The Morgan fingerprint density at radius 3 is 1.94 bits per heavy atom. The largest absolute Gasteiger partial charge is 0.293 e. The van der Waals surface area contributed by atoms with Crippen molar-refractivity contribution < 1.29 is 18.1 Å². The number of benzene rings is 3. The van der Waals surface area contributed by atoms with Crippen LogP contribution in [0.15, 0.2) is 90.0 Å². The van der Waals surface area contributed by atoms with Crippen molar-refractivity contribution in [1.29, 1.82) is 0 Å². The number of carbonyl (C=O) groups is 1. The van der Waals surface area contributed by atoms with E-state index in [1.54, 1.807) is 60.7 Å². The van der Waals surface area contributed by atoms with Crippen LogP contribution in [0.25, 0.3) is 0 Å². The molecule has 0 atom stereocenters. The second-order valence-electron chi connectivity index (χ2n) is 6.66. The van der Waals surface area contributed by atoms with E-state index >= 15 is 0 Å². The van der Waals surface area contributed by atoms with Crippen molar-refractivity contribution in [3.8, 4) is 0 Å². The van der Waals surface area contributed by atoms with Gasteiger partial charge in [0.15, 0.2) is 15.6 Å². The lowest BCUT2D eigenvalue weighted by Crippen LogP contribution is -2.25. The SMILES string of the molecule is O=C(CS(=O)(=O)CC(=NNc1ccc([N+](=O)[O-])cc1)c1ccccc1)c1ccccc1. The molecule has 0 amide bonds. The van der Waals surface area contributed by atoms with E-state index in [2.05, 4.69) is 10.5 Å². The van der Waals surface area contributed by atoms with Gasteiger partial charge in [0.2, 0.25) is 0 Å². The molecule has 0 radical (unpaired) electrons. The van der Waals surface area contributed by atoms with E-state index in [-0.39, 0.29) is 11.4 Å². The van der Waals surface area contributed by atoms with Crippen LogP contribution in [0.3, 0.4) is 0 Å². The molecule has 31 heavy (non-hydrogen) atoms. The number of nitro benzene ring substituents is 1. The molecule has 0 fully saturated rings. The number of nitro groups is 1.